The van der Waals surface area contributed by atoms with Crippen LogP contribution in [0.1, 0.15) is 26.3 Å². The van der Waals surface area contributed by atoms with E-state index >= 15 is 0 Å². The molecule has 1 atom stereocenters. The number of carbonyl (C=O) groups is 1. The number of ether oxygens (including phenoxy) is 1. The highest BCUT2D eigenvalue weighted by molar-refractivity contribution is 7.89. The zero-order valence-corrected chi connectivity index (χ0v) is 21.1. The van der Waals surface area contributed by atoms with Gasteiger partial charge in [0.2, 0.25) is 10.0 Å². The van der Waals surface area contributed by atoms with E-state index in [4.69, 9.17) is 16.3 Å². The lowest BCUT2D eigenvalue weighted by atomic mass is 10.1. The molecule has 180 valence electrons. The van der Waals surface area contributed by atoms with E-state index in [9.17, 15) is 13.2 Å². The quantitative estimate of drug-likeness (QED) is 0.606. The normalized spacial score (nSPS) is 16.0. The molecule has 0 spiro atoms. The Morgan fingerprint density at radius 3 is 2.30 bits per heavy atom. The molecule has 2 aromatic rings. The summed E-state index contributed by atoms with van der Waals surface area (Å²) in [6.07, 6.45) is -0.672. The van der Waals surface area contributed by atoms with Crippen LogP contribution in [0.3, 0.4) is 0 Å². The van der Waals surface area contributed by atoms with Gasteiger partial charge < -0.3 is 15.0 Å². The third-order valence-corrected chi connectivity index (χ3v) is 7.73. The number of rotatable bonds is 8. The van der Waals surface area contributed by atoms with Crippen LogP contribution in [-0.4, -0.2) is 57.5 Å². The van der Waals surface area contributed by atoms with Gasteiger partial charge in [0, 0.05) is 43.4 Å². The predicted molar refractivity (Wildman–Crippen MR) is 132 cm³/mol. The highest BCUT2D eigenvalue weighted by Crippen LogP contribution is 2.27. The van der Waals surface area contributed by atoms with Crippen LogP contribution in [0.2, 0.25) is 5.02 Å². The molecule has 1 aliphatic rings. The van der Waals surface area contributed by atoms with Crippen LogP contribution in [0.4, 0.5) is 5.69 Å². The Labute approximate surface area is 201 Å². The number of nitrogens with zero attached hydrogens (tertiary/aromatic N) is 2. The van der Waals surface area contributed by atoms with E-state index in [1.165, 1.54) is 16.4 Å². The van der Waals surface area contributed by atoms with E-state index in [1.807, 2.05) is 39.0 Å². The smallest absolute Gasteiger partial charge is 0.260 e. The van der Waals surface area contributed by atoms with Crippen LogP contribution in [0.15, 0.2) is 47.4 Å². The zero-order valence-electron chi connectivity index (χ0n) is 19.5. The second-order valence-corrected chi connectivity index (χ2v) is 11.1. The first-order valence-corrected chi connectivity index (χ1v) is 13.0. The minimum atomic E-state index is -3.62. The molecular weight excluding hydrogens is 462 g/mol. The minimum Gasteiger partial charge on any atom is -0.481 e. The van der Waals surface area contributed by atoms with Crippen LogP contribution in [-0.2, 0) is 14.8 Å². The van der Waals surface area contributed by atoms with Crippen molar-refractivity contribution >= 4 is 33.2 Å². The van der Waals surface area contributed by atoms with E-state index in [1.54, 1.807) is 19.1 Å². The molecule has 0 saturated carbocycles. The number of nitrogens with one attached hydrogen (secondary N) is 1. The lowest BCUT2D eigenvalue weighted by Gasteiger charge is -2.36. The molecule has 0 radical (unpaired) electrons. The number of anilines is 1. The largest absolute Gasteiger partial charge is 0.481 e. The van der Waals surface area contributed by atoms with Crippen molar-refractivity contribution in [2.24, 2.45) is 5.92 Å². The number of amides is 1. The molecule has 1 saturated heterocycles. The average Bonchev–Trinajstić information content (AvgIpc) is 2.79. The minimum absolute atomic E-state index is 0.201. The van der Waals surface area contributed by atoms with Gasteiger partial charge in [-0.05, 0) is 61.7 Å². The monoisotopic (exact) mass is 493 g/mol. The van der Waals surface area contributed by atoms with Crippen LogP contribution in [0, 0.1) is 12.8 Å². The Morgan fingerprint density at radius 1 is 1.06 bits per heavy atom. The lowest BCUT2D eigenvalue weighted by molar-refractivity contribution is -0.127. The first kappa shape index (κ1) is 25.3. The molecule has 1 heterocycles. The molecule has 0 unspecified atom stereocenters. The van der Waals surface area contributed by atoms with Crippen LogP contribution >= 0.6 is 11.6 Å². The van der Waals surface area contributed by atoms with Gasteiger partial charge in [-0.1, -0.05) is 31.5 Å². The molecule has 1 fully saturated rings. The van der Waals surface area contributed by atoms with Gasteiger partial charge in [-0.3, -0.25) is 4.79 Å². The highest BCUT2D eigenvalue weighted by atomic mass is 35.5. The molecule has 1 aliphatic heterocycles. The van der Waals surface area contributed by atoms with Crippen molar-refractivity contribution in [1.29, 1.82) is 0 Å². The molecule has 0 aliphatic carbocycles. The molecular formula is C24H32ClN3O4S. The Bertz CT molecular complexity index is 1070. The molecule has 1 N–H and O–H groups in total. The maximum Gasteiger partial charge on any atom is 0.260 e. The summed E-state index contributed by atoms with van der Waals surface area (Å²) in [4.78, 5) is 14.5. The SMILES string of the molecule is Cc1ccc(Cl)cc1N1CCN(S(=O)(=O)c2ccc(O[C@H](C)C(=O)NCC(C)C)cc2)CC1. The zero-order chi connectivity index (χ0) is 24.2. The summed E-state index contributed by atoms with van der Waals surface area (Å²) < 4.78 is 33.4. The molecule has 1 amide bonds. The van der Waals surface area contributed by atoms with Crippen molar-refractivity contribution in [3.8, 4) is 5.75 Å². The number of piperazine rings is 1. The predicted octanol–water partition coefficient (Wildman–Crippen LogP) is 3.70. The third-order valence-electron chi connectivity index (χ3n) is 5.58. The second-order valence-electron chi connectivity index (χ2n) is 8.69. The molecule has 0 bridgehead atoms. The van der Waals surface area contributed by atoms with Crippen molar-refractivity contribution in [1.82, 2.24) is 9.62 Å². The van der Waals surface area contributed by atoms with Crippen molar-refractivity contribution in [2.45, 2.75) is 38.7 Å². The number of aryl methyl sites for hydroxylation is 1. The van der Waals surface area contributed by atoms with Gasteiger partial charge >= 0.3 is 0 Å². The van der Waals surface area contributed by atoms with E-state index < -0.39 is 16.1 Å². The topological polar surface area (TPSA) is 79.0 Å². The standard InChI is InChI=1S/C24H32ClN3O4S/c1-17(2)16-26-24(29)19(4)32-21-7-9-22(10-8-21)33(30,31)28-13-11-27(12-14-28)23-15-20(25)6-5-18(23)3/h5-10,15,17,19H,11-14,16H2,1-4H3,(H,26,29)/t19-/m1/s1. The average molecular weight is 494 g/mol. The second kappa shape index (κ2) is 10.8. The Hall–Kier alpha value is -2.29. The molecule has 7 nitrogen and oxygen atoms in total. The van der Waals surface area contributed by atoms with Crippen LogP contribution in [0.25, 0.3) is 0 Å². The summed E-state index contributed by atoms with van der Waals surface area (Å²) in [6.45, 7) is 10.3. The van der Waals surface area contributed by atoms with Gasteiger partial charge in [-0.2, -0.15) is 4.31 Å². The van der Waals surface area contributed by atoms with Gasteiger partial charge in [0.15, 0.2) is 6.10 Å². The number of hydrogen-bond acceptors (Lipinski definition) is 5. The van der Waals surface area contributed by atoms with E-state index in [0.717, 1.165) is 11.3 Å². The first-order valence-electron chi connectivity index (χ1n) is 11.1. The Balaban J connectivity index is 1.60. The molecule has 3 rings (SSSR count). The van der Waals surface area contributed by atoms with Gasteiger partial charge in [0.05, 0.1) is 4.90 Å². The summed E-state index contributed by atoms with van der Waals surface area (Å²) in [5.41, 5.74) is 2.14. The lowest BCUT2D eigenvalue weighted by Crippen LogP contribution is -2.48. The number of benzene rings is 2. The molecule has 0 aromatic heterocycles. The van der Waals surface area contributed by atoms with Gasteiger partial charge in [-0.25, -0.2) is 8.42 Å². The fourth-order valence-electron chi connectivity index (χ4n) is 3.64. The number of hydrogen-bond donors (Lipinski definition) is 1. The number of halogens is 1. The fraction of sp³-hybridized carbons (Fsp3) is 0.458. The Morgan fingerprint density at radius 2 is 1.70 bits per heavy atom. The summed E-state index contributed by atoms with van der Waals surface area (Å²) >= 11 is 6.14. The van der Waals surface area contributed by atoms with E-state index in [2.05, 4.69) is 10.2 Å². The Kier molecular flexibility index (Phi) is 8.26. The highest BCUT2D eigenvalue weighted by Gasteiger charge is 2.29. The summed E-state index contributed by atoms with van der Waals surface area (Å²) in [7, 11) is -3.62. The fourth-order valence-corrected chi connectivity index (χ4v) is 5.23. The van der Waals surface area contributed by atoms with Gasteiger partial charge in [-0.15, -0.1) is 0 Å². The summed E-state index contributed by atoms with van der Waals surface area (Å²) in [5.74, 6) is 0.595. The van der Waals surface area contributed by atoms with Crippen LogP contribution < -0.4 is 15.0 Å². The van der Waals surface area contributed by atoms with E-state index in [-0.39, 0.29) is 10.8 Å². The summed E-state index contributed by atoms with van der Waals surface area (Å²) in [6, 6.07) is 12.0. The van der Waals surface area contributed by atoms with Crippen LogP contribution in [0.5, 0.6) is 5.75 Å². The molecule has 2 aromatic carbocycles. The third kappa shape index (κ3) is 6.40. The molecule has 33 heavy (non-hydrogen) atoms. The summed E-state index contributed by atoms with van der Waals surface area (Å²) in [5, 5.41) is 3.49. The van der Waals surface area contributed by atoms with Gasteiger partial charge in [0.1, 0.15) is 5.75 Å². The maximum absolute atomic E-state index is 13.1. The maximum atomic E-state index is 13.1. The van der Waals surface area contributed by atoms with Crippen molar-refractivity contribution < 1.29 is 17.9 Å². The van der Waals surface area contributed by atoms with E-state index in [0.29, 0.717) is 49.4 Å². The van der Waals surface area contributed by atoms with Gasteiger partial charge in [0.25, 0.3) is 5.91 Å². The van der Waals surface area contributed by atoms with Crippen molar-refractivity contribution in [3.05, 3.63) is 53.1 Å². The molecule has 9 heteroatoms. The number of sulfonamides is 1. The first-order chi connectivity index (χ1) is 15.6. The number of carbonyl (C=O) groups excluding carboxylic acids is 1. The van der Waals surface area contributed by atoms with Crippen molar-refractivity contribution in [3.63, 3.8) is 0 Å². The van der Waals surface area contributed by atoms with Crippen molar-refractivity contribution in [2.75, 3.05) is 37.6 Å².